The van der Waals surface area contributed by atoms with Gasteiger partial charge in [0, 0.05) is 9.74 Å². The summed E-state index contributed by atoms with van der Waals surface area (Å²) in [5.74, 6) is 0. The van der Waals surface area contributed by atoms with E-state index in [9.17, 15) is 0 Å². The summed E-state index contributed by atoms with van der Waals surface area (Å²) in [4.78, 5) is 0. The second-order valence-electron chi connectivity index (χ2n) is 9.63. The summed E-state index contributed by atoms with van der Waals surface area (Å²) in [6.07, 6.45) is 4.55. The van der Waals surface area contributed by atoms with Crippen molar-refractivity contribution in [3.8, 4) is 0 Å². The molecule has 4 bridgehead atoms. The van der Waals surface area contributed by atoms with Crippen molar-refractivity contribution in [2.45, 2.75) is 45.5 Å². The predicted octanol–water partition coefficient (Wildman–Crippen LogP) is 7.06. The molecule has 0 amide bonds. The van der Waals surface area contributed by atoms with Gasteiger partial charge in [-0.2, -0.15) is 0 Å². The summed E-state index contributed by atoms with van der Waals surface area (Å²) in [5, 5.41) is 0. The molecule has 3 fully saturated rings. The molecule has 3 aromatic carbocycles. The van der Waals surface area contributed by atoms with Crippen LogP contribution in [0, 0.1) is 5.41 Å². The van der Waals surface area contributed by atoms with Crippen molar-refractivity contribution in [1.82, 2.24) is 0 Å². The smallest absolute Gasteiger partial charge is 0.136 e. The average Bonchev–Trinajstić information content (AvgIpc) is 3.43. The highest BCUT2D eigenvalue weighted by molar-refractivity contribution is 9.10. The van der Waals surface area contributed by atoms with Gasteiger partial charge in [-0.25, -0.2) is 0 Å². The van der Waals surface area contributed by atoms with Crippen molar-refractivity contribution in [1.29, 1.82) is 0 Å². The fourth-order valence-electron chi connectivity index (χ4n) is 7.66. The molecule has 0 unspecified atom stereocenters. The Morgan fingerprint density at radius 1 is 0.600 bits per heavy atom. The number of halogens is 2. The maximum atomic E-state index is 7.56. The van der Waals surface area contributed by atoms with Crippen LogP contribution in [0.1, 0.15) is 47.9 Å². The molecule has 3 aromatic rings. The van der Waals surface area contributed by atoms with E-state index < -0.39 is 11.2 Å². The van der Waals surface area contributed by atoms with Crippen LogP contribution in [-0.4, -0.2) is 8.65 Å². The lowest BCUT2D eigenvalue weighted by Crippen LogP contribution is -2.57. The minimum atomic E-state index is -0.503. The van der Waals surface area contributed by atoms with Gasteiger partial charge in [-0.3, -0.25) is 0 Å². The van der Waals surface area contributed by atoms with Crippen LogP contribution in [0.15, 0.2) is 84.9 Å². The van der Waals surface area contributed by atoms with E-state index in [1.165, 1.54) is 28.7 Å². The first-order chi connectivity index (χ1) is 14.5. The third kappa shape index (κ3) is 1.69. The van der Waals surface area contributed by atoms with Crippen LogP contribution in [-0.2, 0) is 15.9 Å². The monoisotopic (exact) mass is 520 g/mol. The van der Waals surface area contributed by atoms with Crippen molar-refractivity contribution in [2.24, 2.45) is 5.41 Å². The van der Waals surface area contributed by atoms with Crippen LogP contribution in [0.5, 0.6) is 0 Å². The number of rotatable bonds is 2. The lowest BCUT2D eigenvalue weighted by atomic mass is 9.52. The minimum Gasteiger partial charge on any atom is -0.347 e. The number of hydrogen-bond acceptors (Lipinski definition) is 1. The lowest BCUT2D eigenvalue weighted by Gasteiger charge is -2.52. The van der Waals surface area contributed by atoms with Crippen molar-refractivity contribution < 1.29 is 4.74 Å². The highest BCUT2D eigenvalue weighted by atomic mass is 79.9. The van der Waals surface area contributed by atoms with Crippen LogP contribution < -0.4 is 0 Å². The fraction of sp³-hybridized carbons (Fsp3) is 0.333. The van der Waals surface area contributed by atoms with Gasteiger partial charge in [0.05, 0.1) is 4.32 Å². The lowest BCUT2D eigenvalue weighted by molar-refractivity contribution is -0.0738. The summed E-state index contributed by atoms with van der Waals surface area (Å²) in [5.41, 5.74) is 4.27. The van der Waals surface area contributed by atoms with Gasteiger partial charge < -0.3 is 4.74 Å². The third-order valence-corrected chi connectivity index (χ3v) is 11.1. The first-order valence-corrected chi connectivity index (χ1v) is 12.4. The van der Waals surface area contributed by atoms with Gasteiger partial charge in [0.15, 0.2) is 0 Å². The highest BCUT2D eigenvalue weighted by Gasteiger charge is 2.89. The zero-order chi connectivity index (χ0) is 20.2. The minimum absolute atomic E-state index is 0.00491. The molecule has 1 nitrogen and oxygen atoms in total. The summed E-state index contributed by atoms with van der Waals surface area (Å²) >= 11 is 8.66. The number of ether oxygens (including phenoxy) is 1. The van der Waals surface area contributed by atoms with Gasteiger partial charge in [0.1, 0.15) is 11.2 Å². The first-order valence-electron chi connectivity index (χ1n) is 10.8. The van der Waals surface area contributed by atoms with Crippen molar-refractivity contribution >= 4 is 31.9 Å². The first kappa shape index (κ1) is 18.2. The Kier molecular flexibility index (Phi) is 3.33. The van der Waals surface area contributed by atoms with Crippen LogP contribution in [0.3, 0.4) is 0 Å². The Labute approximate surface area is 194 Å². The Morgan fingerprint density at radius 2 is 1.13 bits per heavy atom. The Balaban J connectivity index is 1.66. The summed E-state index contributed by atoms with van der Waals surface area (Å²) in [6.45, 7) is 0. The fourth-order valence-corrected chi connectivity index (χ4v) is 10.8. The quantitative estimate of drug-likeness (QED) is 0.328. The summed E-state index contributed by atoms with van der Waals surface area (Å²) in [7, 11) is 0. The van der Waals surface area contributed by atoms with Gasteiger partial charge in [-0.1, -0.05) is 117 Å². The molecular formula is C27H22Br2O. The van der Waals surface area contributed by atoms with Gasteiger partial charge in [0.2, 0.25) is 0 Å². The zero-order valence-corrected chi connectivity index (χ0v) is 19.7. The van der Waals surface area contributed by atoms with Crippen LogP contribution in [0.2, 0.25) is 0 Å². The number of alkyl halides is 2. The van der Waals surface area contributed by atoms with Gasteiger partial charge in [-0.15, -0.1) is 0 Å². The standard InChI is InChI=1S/C27H22Br2O/c28-23-15-16-24(17-23)25(29,18-23)27(20-11-5-2-6-12-20)22-14-8-7-13-21(22)26(24,30-27)19-9-3-1-4-10-19/h1-14H,15-18H2/t23-,24+,25+,26+,27+/m1/s1. The SMILES string of the molecule is Br[C@]12CC[C@@]3(C1)[C@@]1(c4ccccc4)O[C@@](c4ccccc4)(c4ccccc41)[C@]3(Br)C2. The van der Waals surface area contributed by atoms with E-state index in [0.29, 0.717) is 0 Å². The largest absolute Gasteiger partial charge is 0.347 e. The van der Waals surface area contributed by atoms with E-state index in [1.807, 2.05) is 0 Å². The Hall–Kier alpha value is -1.42. The molecule has 0 N–H and O–H groups in total. The van der Waals surface area contributed by atoms with E-state index in [2.05, 4.69) is 117 Å². The van der Waals surface area contributed by atoms with Crippen molar-refractivity contribution in [3.63, 3.8) is 0 Å². The molecule has 0 aromatic heterocycles. The molecule has 30 heavy (non-hydrogen) atoms. The van der Waals surface area contributed by atoms with E-state index in [-0.39, 0.29) is 14.1 Å². The molecule has 3 heteroatoms. The van der Waals surface area contributed by atoms with Crippen molar-refractivity contribution in [3.05, 3.63) is 107 Å². The summed E-state index contributed by atoms with van der Waals surface area (Å²) in [6, 6.07) is 30.9. The highest BCUT2D eigenvalue weighted by Crippen LogP contribution is 2.87. The van der Waals surface area contributed by atoms with Crippen LogP contribution >= 0.6 is 31.9 Å². The molecule has 2 aliphatic carbocycles. The van der Waals surface area contributed by atoms with E-state index in [4.69, 9.17) is 4.74 Å². The van der Waals surface area contributed by atoms with E-state index in [0.717, 1.165) is 19.3 Å². The van der Waals surface area contributed by atoms with Crippen molar-refractivity contribution in [2.75, 3.05) is 0 Å². The number of fused-ring (bicyclic) bond motifs is 7. The van der Waals surface area contributed by atoms with Gasteiger partial charge in [-0.05, 0) is 47.9 Å². The second-order valence-corrected chi connectivity index (χ2v) is 12.7. The molecule has 4 aliphatic rings. The Morgan fingerprint density at radius 3 is 1.73 bits per heavy atom. The van der Waals surface area contributed by atoms with Gasteiger partial charge in [0.25, 0.3) is 0 Å². The molecule has 1 saturated heterocycles. The van der Waals surface area contributed by atoms with Crippen LogP contribution in [0.25, 0.3) is 0 Å². The Bertz CT molecular complexity index is 1180. The predicted molar refractivity (Wildman–Crippen MR) is 126 cm³/mol. The molecule has 0 radical (unpaired) electrons. The zero-order valence-electron chi connectivity index (χ0n) is 16.6. The molecule has 1 spiro atoms. The molecular weight excluding hydrogens is 500 g/mol. The normalized spacial score (nSPS) is 42.3. The molecule has 5 atom stereocenters. The number of hydrogen-bond donors (Lipinski definition) is 0. The molecule has 150 valence electrons. The molecule has 7 rings (SSSR count). The second kappa shape index (κ2) is 5.49. The topological polar surface area (TPSA) is 9.23 Å². The molecule has 2 heterocycles. The number of benzene rings is 3. The summed E-state index contributed by atoms with van der Waals surface area (Å²) < 4.78 is 7.56. The maximum Gasteiger partial charge on any atom is 0.136 e. The molecule has 2 saturated carbocycles. The van der Waals surface area contributed by atoms with Crippen LogP contribution in [0.4, 0.5) is 0 Å². The average molecular weight is 522 g/mol. The molecule has 2 aliphatic heterocycles. The third-order valence-electron chi connectivity index (χ3n) is 8.52. The van der Waals surface area contributed by atoms with E-state index in [1.54, 1.807) is 0 Å². The van der Waals surface area contributed by atoms with Gasteiger partial charge >= 0.3 is 0 Å². The maximum absolute atomic E-state index is 7.56. The van der Waals surface area contributed by atoms with E-state index >= 15 is 0 Å².